The Hall–Kier alpha value is -1.69. The summed E-state index contributed by atoms with van der Waals surface area (Å²) >= 11 is 0. The van der Waals surface area contributed by atoms with Gasteiger partial charge in [0, 0.05) is 0 Å². The molecule has 0 amide bonds. The lowest BCUT2D eigenvalue weighted by Gasteiger charge is -2.06. The van der Waals surface area contributed by atoms with Crippen LogP contribution in [0.2, 0.25) is 0 Å². The summed E-state index contributed by atoms with van der Waals surface area (Å²) in [6.45, 7) is 3.43. The van der Waals surface area contributed by atoms with E-state index in [1.807, 2.05) is 0 Å². The maximum absolute atomic E-state index is 11.2. The highest BCUT2D eigenvalue weighted by Crippen LogP contribution is 2.11. The van der Waals surface area contributed by atoms with Gasteiger partial charge in [0.2, 0.25) is 6.19 Å². The van der Waals surface area contributed by atoms with Crippen molar-refractivity contribution < 1.29 is 4.79 Å². The fourth-order valence-electron chi connectivity index (χ4n) is 1.05. The number of carbonyl (C=O) groups is 1. The van der Waals surface area contributed by atoms with Gasteiger partial charge in [-0.25, -0.2) is 0 Å². The van der Waals surface area contributed by atoms with Gasteiger partial charge in [0.25, 0.3) is 0 Å². The van der Waals surface area contributed by atoms with E-state index >= 15 is 0 Å². The van der Waals surface area contributed by atoms with Crippen molar-refractivity contribution in [2.75, 3.05) is 0 Å². The summed E-state index contributed by atoms with van der Waals surface area (Å²) < 4.78 is 0. The van der Waals surface area contributed by atoms with Crippen LogP contribution in [0.5, 0.6) is 0 Å². The van der Waals surface area contributed by atoms with Crippen LogP contribution in [-0.4, -0.2) is 11.5 Å². The fourth-order valence-corrected chi connectivity index (χ4v) is 1.05. The molecule has 0 aromatic rings. The number of hydrogen-bond acceptors (Lipinski definition) is 3. The summed E-state index contributed by atoms with van der Waals surface area (Å²) in [4.78, 5) is 14.7. The molecule has 3 heteroatoms. The zero-order valence-corrected chi connectivity index (χ0v) is 6.96. The van der Waals surface area contributed by atoms with Gasteiger partial charge < -0.3 is 0 Å². The van der Waals surface area contributed by atoms with Crippen LogP contribution >= 0.6 is 0 Å². The summed E-state index contributed by atoms with van der Waals surface area (Å²) in [6, 6.07) is 0. The van der Waals surface area contributed by atoms with Gasteiger partial charge in [0.1, 0.15) is 0 Å². The van der Waals surface area contributed by atoms with Crippen molar-refractivity contribution in [3.63, 3.8) is 0 Å². The first-order chi connectivity index (χ1) is 5.65. The third-order valence-electron chi connectivity index (χ3n) is 1.62. The van der Waals surface area contributed by atoms with Gasteiger partial charge in [-0.05, 0) is 37.1 Å². The van der Waals surface area contributed by atoms with Crippen LogP contribution in [-0.2, 0) is 4.79 Å². The molecule has 0 heterocycles. The Balaban J connectivity index is 3.10. The van der Waals surface area contributed by atoms with Crippen molar-refractivity contribution in [1.29, 1.82) is 5.26 Å². The Bertz CT molecular complexity index is 329. The SMILES string of the molecule is CC1=CC(=NC#N)C=C(C)C1=O. The molecule has 0 atom stereocenters. The molecule has 0 N–H and O–H groups in total. The zero-order chi connectivity index (χ0) is 9.14. The van der Waals surface area contributed by atoms with E-state index in [4.69, 9.17) is 5.26 Å². The molecular weight excluding hydrogens is 152 g/mol. The lowest BCUT2D eigenvalue weighted by molar-refractivity contribution is -0.112. The van der Waals surface area contributed by atoms with Crippen molar-refractivity contribution in [1.82, 2.24) is 0 Å². The Kier molecular flexibility index (Phi) is 2.20. The summed E-state index contributed by atoms with van der Waals surface area (Å²) in [5, 5.41) is 8.28. The predicted octanol–water partition coefficient (Wildman–Crippen LogP) is 1.38. The van der Waals surface area contributed by atoms with Crippen LogP contribution in [0.25, 0.3) is 0 Å². The molecule has 1 rings (SSSR count). The summed E-state index contributed by atoms with van der Waals surface area (Å²) in [7, 11) is 0. The summed E-state index contributed by atoms with van der Waals surface area (Å²) in [6.07, 6.45) is 4.90. The van der Waals surface area contributed by atoms with Gasteiger partial charge in [-0.3, -0.25) is 4.79 Å². The number of nitrogens with zero attached hydrogens (tertiary/aromatic N) is 2. The van der Waals surface area contributed by atoms with Gasteiger partial charge >= 0.3 is 0 Å². The van der Waals surface area contributed by atoms with E-state index in [9.17, 15) is 4.79 Å². The summed E-state index contributed by atoms with van der Waals surface area (Å²) in [5.74, 6) is 0.0203. The molecule has 0 fully saturated rings. The minimum atomic E-state index is 0.0203. The van der Waals surface area contributed by atoms with Gasteiger partial charge in [0.05, 0.1) is 5.71 Å². The molecule has 1 aliphatic carbocycles. The van der Waals surface area contributed by atoms with E-state index in [0.29, 0.717) is 16.9 Å². The molecule has 1 aliphatic rings. The van der Waals surface area contributed by atoms with Crippen LogP contribution in [0.15, 0.2) is 28.3 Å². The monoisotopic (exact) mass is 160 g/mol. The first-order valence-corrected chi connectivity index (χ1v) is 3.53. The second-order valence-corrected chi connectivity index (χ2v) is 2.62. The quantitative estimate of drug-likeness (QED) is 0.397. The van der Waals surface area contributed by atoms with E-state index in [1.54, 1.807) is 32.2 Å². The molecule has 0 saturated carbocycles. The standard InChI is InChI=1S/C9H8N2O/c1-6-3-8(11-5-10)4-7(2)9(6)12/h3-4H,1-2H3. The van der Waals surface area contributed by atoms with E-state index in [1.165, 1.54) is 0 Å². The van der Waals surface area contributed by atoms with Crippen LogP contribution in [0.1, 0.15) is 13.8 Å². The lowest BCUT2D eigenvalue weighted by Crippen LogP contribution is -2.10. The Labute approximate surface area is 70.7 Å². The third-order valence-corrected chi connectivity index (χ3v) is 1.62. The zero-order valence-electron chi connectivity index (χ0n) is 6.96. The smallest absolute Gasteiger partial charge is 0.206 e. The highest BCUT2D eigenvalue weighted by molar-refractivity contribution is 6.21. The second kappa shape index (κ2) is 3.14. The maximum Gasteiger partial charge on any atom is 0.206 e. The van der Waals surface area contributed by atoms with E-state index in [2.05, 4.69) is 4.99 Å². The molecule has 60 valence electrons. The molecule has 3 nitrogen and oxygen atoms in total. The van der Waals surface area contributed by atoms with Gasteiger partial charge in [-0.2, -0.15) is 10.3 Å². The van der Waals surface area contributed by atoms with Crippen LogP contribution in [0.3, 0.4) is 0 Å². The molecule has 0 spiro atoms. The van der Waals surface area contributed by atoms with Crippen LogP contribution in [0, 0.1) is 11.5 Å². The lowest BCUT2D eigenvalue weighted by atomic mass is 9.98. The molecule has 0 radical (unpaired) electrons. The number of rotatable bonds is 0. The van der Waals surface area contributed by atoms with Crippen molar-refractivity contribution in [3.05, 3.63) is 23.3 Å². The third kappa shape index (κ3) is 1.48. The average Bonchev–Trinajstić information content (AvgIpc) is 2.01. The van der Waals surface area contributed by atoms with E-state index in [-0.39, 0.29) is 5.78 Å². The Morgan fingerprint density at radius 3 is 2.25 bits per heavy atom. The van der Waals surface area contributed by atoms with Crippen molar-refractivity contribution >= 4 is 11.5 Å². The minimum Gasteiger partial charge on any atom is -0.289 e. The maximum atomic E-state index is 11.2. The molecule has 0 bridgehead atoms. The fraction of sp³-hybridized carbons (Fsp3) is 0.222. The van der Waals surface area contributed by atoms with Gasteiger partial charge in [0.15, 0.2) is 5.78 Å². The summed E-state index contributed by atoms with van der Waals surface area (Å²) in [5.41, 5.74) is 1.81. The first-order valence-electron chi connectivity index (χ1n) is 3.53. The van der Waals surface area contributed by atoms with Crippen LogP contribution in [0.4, 0.5) is 0 Å². The van der Waals surface area contributed by atoms with Crippen molar-refractivity contribution in [3.8, 4) is 6.19 Å². The largest absolute Gasteiger partial charge is 0.289 e. The number of hydrogen-bond donors (Lipinski definition) is 0. The Morgan fingerprint density at radius 1 is 1.33 bits per heavy atom. The molecule has 0 aromatic heterocycles. The topological polar surface area (TPSA) is 53.2 Å². The predicted molar refractivity (Wildman–Crippen MR) is 45.6 cm³/mol. The first kappa shape index (κ1) is 8.41. The number of aliphatic imine (C=N–C) groups is 1. The Morgan fingerprint density at radius 2 is 1.83 bits per heavy atom. The number of ketones is 1. The van der Waals surface area contributed by atoms with Crippen molar-refractivity contribution in [2.24, 2.45) is 4.99 Å². The van der Waals surface area contributed by atoms with Gasteiger partial charge in [-0.15, -0.1) is 0 Å². The number of nitriles is 1. The second-order valence-electron chi connectivity index (χ2n) is 2.62. The highest BCUT2D eigenvalue weighted by atomic mass is 16.1. The molecule has 0 saturated heterocycles. The number of allylic oxidation sites excluding steroid dienone is 4. The van der Waals surface area contributed by atoms with E-state index in [0.717, 1.165) is 0 Å². The van der Waals surface area contributed by atoms with E-state index < -0.39 is 0 Å². The van der Waals surface area contributed by atoms with Crippen molar-refractivity contribution in [2.45, 2.75) is 13.8 Å². The van der Waals surface area contributed by atoms with Crippen LogP contribution < -0.4 is 0 Å². The normalized spacial score (nSPS) is 16.4. The molecule has 0 aliphatic heterocycles. The van der Waals surface area contributed by atoms with Gasteiger partial charge in [-0.1, -0.05) is 0 Å². The molecule has 12 heavy (non-hydrogen) atoms. The molecular formula is C9H8N2O. The highest BCUT2D eigenvalue weighted by Gasteiger charge is 2.12. The molecule has 0 aromatic carbocycles. The minimum absolute atomic E-state index is 0.0203. The number of Topliss-reactive ketones (excluding diaryl/α,β-unsaturated/α-hetero) is 1. The number of carbonyl (C=O) groups excluding carboxylic acids is 1. The molecule has 0 unspecified atom stereocenters. The average molecular weight is 160 g/mol.